The highest BCUT2D eigenvalue weighted by Gasteiger charge is 2.38. The van der Waals surface area contributed by atoms with Gasteiger partial charge in [-0.2, -0.15) is 0 Å². The van der Waals surface area contributed by atoms with Gasteiger partial charge in [-0.1, -0.05) is 35.7 Å². The molecule has 3 heteroatoms. The molecule has 18 heavy (non-hydrogen) atoms. The van der Waals surface area contributed by atoms with Gasteiger partial charge in [-0.15, -0.1) is 0 Å². The van der Waals surface area contributed by atoms with Crippen molar-refractivity contribution in [2.24, 2.45) is 11.8 Å². The molecular formula is C15H19Cl2N. The molecule has 2 fully saturated rings. The second kappa shape index (κ2) is 5.40. The lowest BCUT2D eigenvalue weighted by Gasteiger charge is -2.23. The Morgan fingerprint density at radius 2 is 2.06 bits per heavy atom. The predicted molar refractivity (Wildman–Crippen MR) is 77.4 cm³/mol. The highest BCUT2D eigenvalue weighted by Crippen LogP contribution is 2.44. The summed E-state index contributed by atoms with van der Waals surface area (Å²) in [6, 6.07) is 6.54. The fraction of sp³-hybridized carbons (Fsp3) is 0.600. The summed E-state index contributed by atoms with van der Waals surface area (Å²) in [6.45, 7) is 1.02. The van der Waals surface area contributed by atoms with E-state index in [-0.39, 0.29) is 0 Å². The monoisotopic (exact) mass is 283 g/mol. The zero-order chi connectivity index (χ0) is 12.5. The first-order chi connectivity index (χ1) is 8.72. The Balaban J connectivity index is 1.50. The Kier molecular flexibility index (Phi) is 3.83. The molecule has 1 aromatic carbocycles. The summed E-state index contributed by atoms with van der Waals surface area (Å²) in [6.07, 6.45) is 6.73. The van der Waals surface area contributed by atoms with Gasteiger partial charge in [0.25, 0.3) is 0 Å². The fourth-order valence-corrected chi connectivity index (χ4v) is 4.11. The molecule has 0 heterocycles. The average molecular weight is 284 g/mol. The van der Waals surface area contributed by atoms with Gasteiger partial charge in [0.1, 0.15) is 0 Å². The van der Waals surface area contributed by atoms with Gasteiger partial charge in [-0.3, -0.25) is 0 Å². The van der Waals surface area contributed by atoms with Gasteiger partial charge >= 0.3 is 0 Å². The maximum absolute atomic E-state index is 6.18. The molecule has 0 aliphatic heterocycles. The zero-order valence-corrected chi connectivity index (χ0v) is 12.0. The molecule has 0 aromatic heterocycles. The van der Waals surface area contributed by atoms with Crippen molar-refractivity contribution in [3.63, 3.8) is 0 Å². The van der Waals surface area contributed by atoms with E-state index >= 15 is 0 Å². The lowest BCUT2D eigenvalue weighted by atomic mass is 9.95. The van der Waals surface area contributed by atoms with Crippen molar-refractivity contribution >= 4 is 23.2 Å². The number of fused-ring (bicyclic) bond motifs is 2. The predicted octanol–water partition coefficient (Wildman–Crippen LogP) is 4.31. The number of benzene rings is 1. The first-order valence-corrected chi connectivity index (χ1v) is 7.65. The van der Waals surface area contributed by atoms with Crippen LogP contribution < -0.4 is 5.32 Å². The van der Waals surface area contributed by atoms with Crippen LogP contribution in [-0.4, -0.2) is 12.6 Å². The minimum Gasteiger partial charge on any atom is -0.313 e. The minimum absolute atomic E-state index is 0.713. The third kappa shape index (κ3) is 2.68. The van der Waals surface area contributed by atoms with E-state index in [0.717, 1.165) is 35.9 Å². The van der Waals surface area contributed by atoms with Crippen LogP contribution in [0.1, 0.15) is 31.2 Å². The molecule has 2 bridgehead atoms. The molecule has 98 valence electrons. The maximum atomic E-state index is 6.18. The zero-order valence-electron chi connectivity index (χ0n) is 10.5. The summed E-state index contributed by atoms with van der Waals surface area (Å²) in [7, 11) is 0. The van der Waals surface area contributed by atoms with Gasteiger partial charge in [0, 0.05) is 16.1 Å². The highest BCUT2D eigenvalue weighted by molar-refractivity contribution is 6.35. The first-order valence-electron chi connectivity index (χ1n) is 6.89. The van der Waals surface area contributed by atoms with Gasteiger partial charge < -0.3 is 5.32 Å². The smallest absolute Gasteiger partial charge is 0.0453 e. The molecule has 3 atom stereocenters. The Bertz CT molecular complexity index is 433. The largest absolute Gasteiger partial charge is 0.313 e. The van der Waals surface area contributed by atoms with E-state index in [0.29, 0.717) is 5.02 Å². The number of rotatable bonds is 4. The standard InChI is InChI=1S/C15H19Cl2N/c16-13-4-3-11(14(17)9-13)5-6-18-15-8-10-1-2-12(15)7-10/h3-4,9-10,12,15,18H,1-2,5-8H2. The number of hydrogen-bond acceptors (Lipinski definition) is 1. The lowest BCUT2D eigenvalue weighted by molar-refractivity contribution is 0.354. The number of halogens is 2. The molecular weight excluding hydrogens is 265 g/mol. The molecule has 2 aliphatic rings. The van der Waals surface area contributed by atoms with Crippen molar-refractivity contribution in [2.45, 2.75) is 38.1 Å². The van der Waals surface area contributed by atoms with Crippen LogP contribution in [-0.2, 0) is 6.42 Å². The third-order valence-electron chi connectivity index (χ3n) is 4.55. The Hall–Kier alpha value is -0.240. The molecule has 0 amide bonds. The summed E-state index contributed by atoms with van der Waals surface area (Å²) >= 11 is 12.1. The molecule has 1 nitrogen and oxygen atoms in total. The second-order valence-electron chi connectivity index (χ2n) is 5.72. The minimum atomic E-state index is 0.713. The molecule has 0 radical (unpaired) electrons. The molecule has 0 spiro atoms. The van der Waals surface area contributed by atoms with Crippen molar-refractivity contribution in [1.29, 1.82) is 0 Å². The van der Waals surface area contributed by atoms with E-state index < -0.39 is 0 Å². The Morgan fingerprint density at radius 1 is 1.17 bits per heavy atom. The Morgan fingerprint density at radius 3 is 2.72 bits per heavy atom. The summed E-state index contributed by atoms with van der Waals surface area (Å²) < 4.78 is 0. The van der Waals surface area contributed by atoms with Gasteiger partial charge in [0.05, 0.1) is 0 Å². The molecule has 3 rings (SSSR count). The van der Waals surface area contributed by atoms with Gasteiger partial charge in [-0.05, 0) is 61.8 Å². The normalized spacial score (nSPS) is 30.0. The topological polar surface area (TPSA) is 12.0 Å². The molecule has 2 aliphatic carbocycles. The summed E-state index contributed by atoms with van der Waals surface area (Å²) in [5.41, 5.74) is 1.19. The van der Waals surface area contributed by atoms with Crippen molar-refractivity contribution in [2.75, 3.05) is 6.54 Å². The van der Waals surface area contributed by atoms with Crippen molar-refractivity contribution in [1.82, 2.24) is 5.32 Å². The molecule has 1 N–H and O–H groups in total. The van der Waals surface area contributed by atoms with Crippen LogP contribution in [0.15, 0.2) is 18.2 Å². The van der Waals surface area contributed by atoms with E-state index in [1.54, 1.807) is 0 Å². The lowest BCUT2D eigenvalue weighted by Crippen LogP contribution is -2.35. The van der Waals surface area contributed by atoms with Crippen molar-refractivity contribution in [3.8, 4) is 0 Å². The van der Waals surface area contributed by atoms with Crippen molar-refractivity contribution < 1.29 is 0 Å². The fourth-order valence-electron chi connectivity index (χ4n) is 3.61. The first kappa shape index (κ1) is 12.8. The summed E-state index contributed by atoms with van der Waals surface area (Å²) in [5, 5.41) is 5.21. The quantitative estimate of drug-likeness (QED) is 0.868. The number of hydrogen-bond donors (Lipinski definition) is 1. The van der Waals surface area contributed by atoms with Crippen LogP contribution in [0.3, 0.4) is 0 Å². The molecule has 3 unspecified atom stereocenters. The van der Waals surface area contributed by atoms with E-state index in [2.05, 4.69) is 5.32 Å². The van der Waals surface area contributed by atoms with E-state index in [4.69, 9.17) is 23.2 Å². The summed E-state index contributed by atoms with van der Waals surface area (Å²) in [5.74, 6) is 1.95. The maximum Gasteiger partial charge on any atom is 0.0453 e. The van der Waals surface area contributed by atoms with Crippen LogP contribution in [0.25, 0.3) is 0 Å². The van der Waals surface area contributed by atoms with E-state index in [9.17, 15) is 0 Å². The molecule has 0 saturated heterocycles. The second-order valence-corrected chi connectivity index (χ2v) is 6.56. The van der Waals surface area contributed by atoms with E-state index in [1.807, 2.05) is 18.2 Å². The third-order valence-corrected chi connectivity index (χ3v) is 5.14. The van der Waals surface area contributed by atoms with Crippen LogP contribution >= 0.6 is 23.2 Å². The molecule has 2 saturated carbocycles. The average Bonchev–Trinajstić information content (AvgIpc) is 2.94. The summed E-state index contributed by atoms with van der Waals surface area (Å²) in [4.78, 5) is 0. The highest BCUT2D eigenvalue weighted by atomic mass is 35.5. The van der Waals surface area contributed by atoms with Crippen LogP contribution in [0, 0.1) is 11.8 Å². The van der Waals surface area contributed by atoms with Crippen LogP contribution in [0.4, 0.5) is 0 Å². The Labute approximate surface area is 119 Å². The van der Waals surface area contributed by atoms with Crippen molar-refractivity contribution in [3.05, 3.63) is 33.8 Å². The SMILES string of the molecule is Clc1ccc(CCNC2CC3CCC2C3)c(Cl)c1. The number of nitrogens with one attached hydrogen (secondary N) is 1. The van der Waals surface area contributed by atoms with Gasteiger partial charge in [-0.25, -0.2) is 0 Å². The molecule has 1 aromatic rings. The van der Waals surface area contributed by atoms with E-state index in [1.165, 1.54) is 31.2 Å². The van der Waals surface area contributed by atoms with Crippen LogP contribution in [0.2, 0.25) is 10.0 Å². The van der Waals surface area contributed by atoms with Gasteiger partial charge in [0.2, 0.25) is 0 Å². The van der Waals surface area contributed by atoms with Crippen LogP contribution in [0.5, 0.6) is 0 Å². The van der Waals surface area contributed by atoms with Gasteiger partial charge in [0.15, 0.2) is 0 Å².